The van der Waals surface area contributed by atoms with Gasteiger partial charge in [0.25, 0.3) is 0 Å². The van der Waals surface area contributed by atoms with E-state index < -0.39 is 17.8 Å². The molecule has 0 atom stereocenters. The second-order valence-electron chi connectivity index (χ2n) is 6.35. The Hall–Kier alpha value is -2.71. The summed E-state index contributed by atoms with van der Waals surface area (Å²) in [7, 11) is 1.70. The monoisotopic (exact) mass is 365 g/mol. The number of benzene rings is 1. The van der Waals surface area contributed by atoms with Crippen LogP contribution in [-0.2, 0) is 12.7 Å². The van der Waals surface area contributed by atoms with E-state index in [9.17, 15) is 17.6 Å². The number of alkyl halides is 3. The second-order valence-corrected chi connectivity index (χ2v) is 6.35. The van der Waals surface area contributed by atoms with Crippen molar-refractivity contribution in [3.05, 3.63) is 47.8 Å². The van der Waals surface area contributed by atoms with Gasteiger partial charge in [-0.3, -0.25) is 0 Å². The van der Waals surface area contributed by atoms with Gasteiger partial charge in [-0.25, -0.2) is 19.3 Å². The molecule has 3 aromatic rings. The summed E-state index contributed by atoms with van der Waals surface area (Å²) in [5, 5.41) is 0. The molecule has 0 unspecified atom stereocenters. The molecule has 2 heterocycles. The zero-order valence-corrected chi connectivity index (χ0v) is 13.8. The lowest BCUT2D eigenvalue weighted by molar-refractivity contribution is -0.144. The van der Waals surface area contributed by atoms with E-state index in [1.165, 1.54) is 17.0 Å². The summed E-state index contributed by atoms with van der Waals surface area (Å²) in [5.74, 6) is -1.50. The Balaban J connectivity index is 1.85. The van der Waals surface area contributed by atoms with Gasteiger partial charge in [0.05, 0.1) is 12.9 Å². The van der Waals surface area contributed by atoms with Crippen molar-refractivity contribution < 1.29 is 17.6 Å². The van der Waals surface area contributed by atoms with Crippen molar-refractivity contribution in [3.63, 3.8) is 0 Å². The van der Waals surface area contributed by atoms with Gasteiger partial charge in [-0.15, -0.1) is 0 Å². The Morgan fingerprint density at radius 1 is 1.19 bits per heavy atom. The fourth-order valence-corrected chi connectivity index (χ4v) is 2.86. The minimum absolute atomic E-state index is 0.0318. The van der Waals surface area contributed by atoms with Gasteiger partial charge < -0.3 is 9.47 Å². The third kappa shape index (κ3) is 2.97. The van der Waals surface area contributed by atoms with Crippen LogP contribution in [0.5, 0.6) is 0 Å². The van der Waals surface area contributed by atoms with Gasteiger partial charge in [0.15, 0.2) is 17.0 Å². The normalized spacial score (nSPS) is 14.8. The molecule has 0 spiro atoms. The summed E-state index contributed by atoms with van der Waals surface area (Å²) in [6.45, 7) is 0.0318. The van der Waals surface area contributed by atoms with E-state index in [4.69, 9.17) is 0 Å². The predicted octanol–water partition coefficient (Wildman–Crippen LogP) is 3.63. The van der Waals surface area contributed by atoms with E-state index in [1.54, 1.807) is 30.1 Å². The van der Waals surface area contributed by atoms with Crippen molar-refractivity contribution in [2.24, 2.45) is 0 Å². The molecular formula is C17H15F4N5. The minimum Gasteiger partial charge on any atom is -0.355 e. The van der Waals surface area contributed by atoms with Gasteiger partial charge >= 0.3 is 6.18 Å². The van der Waals surface area contributed by atoms with E-state index in [-0.39, 0.29) is 29.6 Å². The van der Waals surface area contributed by atoms with Crippen LogP contribution in [0.1, 0.15) is 24.2 Å². The van der Waals surface area contributed by atoms with Crippen LogP contribution in [0.25, 0.3) is 11.2 Å². The molecular weight excluding hydrogens is 350 g/mol. The first-order chi connectivity index (χ1) is 12.3. The van der Waals surface area contributed by atoms with Crippen LogP contribution in [0.2, 0.25) is 0 Å². The Kier molecular flexibility index (Phi) is 3.82. The molecule has 0 bridgehead atoms. The molecule has 0 radical (unpaired) electrons. The van der Waals surface area contributed by atoms with E-state index in [0.717, 1.165) is 12.8 Å². The number of hydrogen-bond acceptors (Lipinski definition) is 4. The summed E-state index contributed by atoms with van der Waals surface area (Å²) < 4.78 is 55.1. The van der Waals surface area contributed by atoms with Crippen molar-refractivity contribution in [1.82, 2.24) is 19.5 Å². The lowest BCUT2D eigenvalue weighted by atomic mass is 10.2. The molecule has 136 valence electrons. The first-order valence-electron chi connectivity index (χ1n) is 8.11. The highest BCUT2D eigenvalue weighted by atomic mass is 19.4. The summed E-state index contributed by atoms with van der Waals surface area (Å²) in [4.78, 5) is 13.3. The number of nitrogens with zero attached hydrogens (tertiary/aromatic N) is 5. The standard InChI is InChI=1S/C17H15F4N5/c1-25(11-6-7-11)14-13-15(24-16(23-14)17(19,20)21)26(9-22-13)8-10-4-2-3-5-12(10)18/h2-5,9,11H,6-8H2,1H3. The Morgan fingerprint density at radius 2 is 1.92 bits per heavy atom. The first-order valence-corrected chi connectivity index (χ1v) is 8.11. The smallest absolute Gasteiger partial charge is 0.355 e. The molecule has 1 aliphatic carbocycles. The Bertz CT molecular complexity index is 961. The van der Waals surface area contributed by atoms with Crippen LogP contribution < -0.4 is 4.90 Å². The van der Waals surface area contributed by atoms with Gasteiger partial charge in [0, 0.05) is 18.7 Å². The number of rotatable bonds is 4. The highest BCUT2D eigenvalue weighted by Gasteiger charge is 2.38. The number of imidazole rings is 1. The van der Waals surface area contributed by atoms with E-state index in [1.807, 2.05) is 0 Å². The highest BCUT2D eigenvalue weighted by Crippen LogP contribution is 2.35. The van der Waals surface area contributed by atoms with Crippen molar-refractivity contribution in [3.8, 4) is 0 Å². The average molecular weight is 365 g/mol. The van der Waals surface area contributed by atoms with E-state index >= 15 is 0 Å². The van der Waals surface area contributed by atoms with Crippen LogP contribution in [0.3, 0.4) is 0 Å². The maximum atomic E-state index is 13.9. The summed E-state index contributed by atoms with van der Waals surface area (Å²) in [5.41, 5.74) is 0.665. The highest BCUT2D eigenvalue weighted by molar-refractivity contribution is 5.84. The maximum absolute atomic E-state index is 13.9. The lowest BCUT2D eigenvalue weighted by Gasteiger charge is -2.19. The predicted molar refractivity (Wildman–Crippen MR) is 87.3 cm³/mol. The SMILES string of the molecule is CN(c1nc(C(F)(F)F)nc2c1ncn2Cc1ccccc1F)C1CC1. The number of anilines is 1. The number of hydrogen-bond donors (Lipinski definition) is 0. The van der Waals surface area contributed by atoms with Crippen molar-refractivity contribution in [2.45, 2.75) is 31.6 Å². The minimum atomic E-state index is -4.68. The van der Waals surface area contributed by atoms with Gasteiger partial charge in [0.2, 0.25) is 5.82 Å². The third-order valence-electron chi connectivity index (χ3n) is 4.43. The molecule has 0 aliphatic heterocycles. The molecule has 0 amide bonds. The van der Waals surface area contributed by atoms with Crippen molar-refractivity contribution >= 4 is 17.0 Å². The zero-order valence-electron chi connectivity index (χ0n) is 13.8. The quantitative estimate of drug-likeness (QED) is 0.663. The molecule has 1 aromatic carbocycles. The molecule has 5 nitrogen and oxygen atoms in total. The Morgan fingerprint density at radius 3 is 2.58 bits per heavy atom. The summed E-state index contributed by atoms with van der Waals surface area (Å²) in [6.07, 6.45) is -1.50. The molecule has 9 heteroatoms. The molecule has 1 saturated carbocycles. The second kappa shape index (κ2) is 5.93. The van der Waals surface area contributed by atoms with Crippen LogP contribution in [0.15, 0.2) is 30.6 Å². The summed E-state index contributed by atoms with van der Waals surface area (Å²) in [6, 6.07) is 6.25. The van der Waals surface area contributed by atoms with Crippen molar-refractivity contribution in [2.75, 3.05) is 11.9 Å². The third-order valence-corrected chi connectivity index (χ3v) is 4.43. The average Bonchev–Trinajstić information content (AvgIpc) is 3.37. The maximum Gasteiger partial charge on any atom is 0.451 e. The number of halogens is 4. The molecule has 4 rings (SSSR count). The first kappa shape index (κ1) is 16.7. The Labute approximate surface area is 146 Å². The zero-order chi connectivity index (χ0) is 18.5. The van der Waals surface area contributed by atoms with Gasteiger partial charge in [0.1, 0.15) is 5.82 Å². The summed E-state index contributed by atoms with van der Waals surface area (Å²) >= 11 is 0. The number of aromatic nitrogens is 4. The molecule has 0 saturated heterocycles. The van der Waals surface area contributed by atoms with Gasteiger partial charge in [-0.05, 0) is 18.9 Å². The molecule has 0 N–H and O–H groups in total. The topological polar surface area (TPSA) is 46.8 Å². The van der Waals surface area contributed by atoms with Gasteiger partial charge in [-0.1, -0.05) is 18.2 Å². The van der Waals surface area contributed by atoms with Crippen LogP contribution >= 0.6 is 0 Å². The van der Waals surface area contributed by atoms with Crippen LogP contribution in [0, 0.1) is 5.82 Å². The van der Waals surface area contributed by atoms with Gasteiger partial charge in [-0.2, -0.15) is 13.2 Å². The van der Waals surface area contributed by atoms with E-state index in [0.29, 0.717) is 5.56 Å². The fourth-order valence-electron chi connectivity index (χ4n) is 2.86. The lowest BCUT2D eigenvalue weighted by Crippen LogP contribution is -2.23. The molecule has 26 heavy (non-hydrogen) atoms. The van der Waals surface area contributed by atoms with Crippen molar-refractivity contribution in [1.29, 1.82) is 0 Å². The largest absolute Gasteiger partial charge is 0.451 e. The van der Waals surface area contributed by atoms with E-state index in [2.05, 4.69) is 15.0 Å². The van der Waals surface area contributed by atoms with Crippen LogP contribution in [0.4, 0.5) is 23.4 Å². The van der Waals surface area contributed by atoms with Crippen LogP contribution in [-0.4, -0.2) is 32.6 Å². The molecule has 1 aliphatic rings. The number of fused-ring (bicyclic) bond motifs is 1. The fraction of sp³-hybridized carbons (Fsp3) is 0.353. The molecule has 2 aromatic heterocycles. The molecule has 1 fully saturated rings.